The van der Waals surface area contributed by atoms with E-state index in [1.807, 2.05) is 218 Å². The minimum Gasteiger partial charge on any atom is -0.497 e. The summed E-state index contributed by atoms with van der Waals surface area (Å²) in [5.41, 5.74) is 13.0. The van der Waals surface area contributed by atoms with Gasteiger partial charge in [0.05, 0.1) is 53.8 Å². The molecule has 1 aliphatic rings. The number of anilines is 9. The topological polar surface area (TPSA) is 108 Å². The molecule has 15 rings (SSSR count). The highest BCUT2D eigenvalue weighted by molar-refractivity contribution is 6.39. The molecule has 0 saturated heterocycles. The Morgan fingerprint density at radius 3 is 0.800 bits per heavy atom. The van der Waals surface area contributed by atoms with Crippen LogP contribution in [-0.2, 0) is 4.74 Å². The lowest BCUT2D eigenvalue weighted by molar-refractivity contribution is 0.0391. The third-order valence-corrected chi connectivity index (χ3v) is 18.0. The van der Waals surface area contributed by atoms with E-state index in [-0.39, 0.29) is 11.1 Å². The van der Waals surface area contributed by atoms with E-state index in [0.717, 1.165) is 140 Å². The molecule has 0 unspecified atom stereocenters. The van der Waals surface area contributed by atoms with E-state index in [1.54, 1.807) is 54.8 Å². The Kier molecular flexibility index (Phi) is 16.8. The van der Waals surface area contributed by atoms with E-state index in [4.69, 9.17) is 33.2 Å². The number of methoxy groups -OCH3 is 6. The first-order valence-electron chi connectivity index (χ1n) is 32.2. The maximum Gasteiger partial charge on any atom is 0.346 e. The van der Waals surface area contributed by atoms with E-state index in [2.05, 4.69) is 80.6 Å². The van der Waals surface area contributed by atoms with Gasteiger partial charge in [-0.1, -0.05) is 59.8 Å². The molecule has 0 N–H and O–H groups in total. The SMILES string of the molecule is COc1ccc(N(c2ccc(C#Cc3ccc4c5c(C#Cc6ccc(N(c7ccc(OC)cc7)c7ccc(OC)cc7)cc6)cc6c7c(cc(C#Cc8ccc(N(c9ccc(OC)cc9)c9ccc(OC)cc9)cc8)c(c8cccc3c84)c75)C(=O)OC6=O)cc2)c2ccc(OC)cc2)cc1. The molecule has 0 aromatic heterocycles. The van der Waals surface area contributed by atoms with Gasteiger partial charge in [0.2, 0.25) is 0 Å². The highest BCUT2D eigenvalue weighted by Gasteiger charge is 2.33. The standard InChI is InChI=1S/C88H61N3O9/c1-94-71-41-29-65(30-42-71)89(66-31-43-72(95-2)44-32-66)62-23-13-56(14-24-62)10-19-59-22-53-79-83-61(21-12-58-17-27-64(28-18-58)91(69-37-49-75(98-5)50-38-69)70-39-51-76(99-6)52-40-70)55-81-85-80(87(92)100-88(81)93)54-60(82(86(83)85)78-9-7-8-77(59)84(78)79)20-11-57-15-25-63(26-16-57)90(67-33-45-73(96-3)46-34-67)68-35-47-74(97-4)48-36-68/h7-9,13-18,22-55H,1-6H3. The molecule has 0 bridgehead atoms. The molecule has 1 heterocycles. The number of carbonyl (C=O) groups is 2. The highest BCUT2D eigenvalue weighted by atomic mass is 16.6. The second kappa shape index (κ2) is 26.9. The second-order valence-electron chi connectivity index (χ2n) is 23.6. The van der Waals surface area contributed by atoms with Gasteiger partial charge >= 0.3 is 11.9 Å². The third-order valence-electron chi connectivity index (χ3n) is 18.0. The zero-order chi connectivity index (χ0) is 68.4. The van der Waals surface area contributed by atoms with Crippen molar-refractivity contribution in [2.24, 2.45) is 0 Å². The van der Waals surface area contributed by atoms with Crippen LogP contribution < -0.4 is 43.1 Å². The Labute approximate surface area is 578 Å². The van der Waals surface area contributed by atoms with Gasteiger partial charge in [0.15, 0.2) is 0 Å². The monoisotopic (exact) mass is 1300 g/mol. The second-order valence-corrected chi connectivity index (χ2v) is 23.6. The van der Waals surface area contributed by atoms with Gasteiger partial charge in [0, 0.05) is 106 Å². The van der Waals surface area contributed by atoms with Crippen molar-refractivity contribution in [1.82, 2.24) is 0 Å². The zero-order valence-corrected chi connectivity index (χ0v) is 55.3. The minimum atomic E-state index is -0.756. The number of esters is 2. The number of cyclic esters (lactones) is 2. The van der Waals surface area contributed by atoms with Gasteiger partial charge in [-0.05, 0) is 258 Å². The summed E-state index contributed by atoms with van der Waals surface area (Å²) in [6.45, 7) is 0. The molecule has 0 fully saturated rings. The molecular weight excluding hydrogens is 1240 g/mol. The minimum absolute atomic E-state index is 0.234. The van der Waals surface area contributed by atoms with Gasteiger partial charge in [-0.2, -0.15) is 0 Å². The maximum atomic E-state index is 14.3. The van der Waals surface area contributed by atoms with Gasteiger partial charge in [0.25, 0.3) is 0 Å². The number of fused-ring (bicyclic) bond motifs is 2. The Bertz CT molecular complexity index is 5280. The van der Waals surface area contributed by atoms with Crippen LogP contribution in [0.1, 0.15) is 54.1 Å². The van der Waals surface area contributed by atoms with Crippen molar-refractivity contribution >= 4 is 106 Å². The number of benzene rings is 14. The molecule has 482 valence electrons. The quantitative estimate of drug-likeness (QED) is 0.0321. The number of rotatable bonds is 15. The average molecular weight is 1300 g/mol. The number of ether oxygens (including phenoxy) is 7. The van der Waals surface area contributed by atoms with E-state index in [1.165, 1.54) is 0 Å². The van der Waals surface area contributed by atoms with Gasteiger partial charge < -0.3 is 47.9 Å². The number of hydrogen-bond acceptors (Lipinski definition) is 12. The number of carbonyl (C=O) groups excluding carboxylic acids is 2. The lowest BCUT2D eigenvalue weighted by atomic mass is 9.81. The first kappa shape index (κ1) is 62.5. The van der Waals surface area contributed by atoms with Crippen LogP contribution in [0.5, 0.6) is 34.5 Å². The Morgan fingerprint density at radius 1 is 0.250 bits per heavy atom. The molecule has 0 saturated carbocycles. The van der Waals surface area contributed by atoms with Crippen LogP contribution in [0, 0.1) is 35.5 Å². The van der Waals surface area contributed by atoms with Crippen LogP contribution in [0.15, 0.2) is 261 Å². The summed E-state index contributed by atoms with van der Waals surface area (Å²) >= 11 is 0. The van der Waals surface area contributed by atoms with Crippen LogP contribution in [0.25, 0.3) is 43.1 Å². The first-order valence-corrected chi connectivity index (χ1v) is 32.2. The van der Waals surface area contributed by atoms with Crippen LogP contribution in [0.2, 0.25) is 0 Å². The predicted molar refractivity (Wildman–Crippen MR) is 398 cm³/mol. The summed E-state index contributed by atoms with van der Waals surface area (Å²) in [5.74, 6) is 24.1. The molecular formula is C88H61N3O9. The number of nitrogens with zero attached hydrogens (tertiary/aromatic N) is 3. The molecule has 1 aliphatic heterocycles. The fourth-order valence-corrected chi connectivity index (χ4v) is 13.1. The van der Waals surface area contributed by atoms with E-state index >= 15 is 0 Å². The zero-order valence-electron chi connectivity index (χ0n) is 55.3. The summed E-state index contributed by atoms with van der Waals surface area (Å²) in [4.78, 5) is 35.0. The molecule has 0 atom stereocenters. The van der Waals surface area contributed by atoms with Crippen LogP contribution in [-0.4, -0.2) is 54.6 Å². The fraction of sp³-hybridized carbons (Fsp3) is 0.0682. The molecule has 0 aliphatic carbocycles. The normalized spacial score (nSPS) is 11.4. The summed E-state index contributed by atoms with van der Waals surface area (Å²) in [6, 6.07) is 85.6. The third kappa shape index (κ3) is 11.9. The Balaban J connectivity index is 0.878. The van der Waals surface area contributed by atoms with Crippen LogP contribution in [0.4, 0.5) is 51.2 Å². The molecule has 14 aromatic carbocycles. The lowest BCUT2D eigenvalue weighted by Crippen LogP contribution is -2.20. The summed E-state index contributed by atoms with van der Waals surface area (Å²) < 4.78 is 38.7. The van der Waals surface area contributed by atoms with Crippen molar-refractivity contribution < 1.29 is 42.7 Å². The predicted octanol–water partition coefficient (Wildman–Crippen LogP) is 19.7. The molecule has 0 amide bonds. The molecule has 14 aromatic rings. The van der Waals surface area contributed by atoms with E-state index < -0.39 is 11.9 Å². The van der Waals surface area contributed by atoms with E-state index in [9.17, 15) is 9.59 Å². The molecule has 0 spiro atoms. The molecule has 12 nitrogen and oxygen atoms in total. The van der Waals surface area contributed by atoms with Gasteiger partial charge in [-0.3, -0.25) is 0 Å². The van der Waals surface area contributed by atoms with Crippen LogP contribution in [0.3, 0.4) is 0 Å². The van der Waals surface area contributed by atoms with Crippen molar-refractivity contribution in [2.75, 3.05) is 57.4 Å². The first-order chi connectivity index (χ1) is 49.1. The average Bonchev–Trinajstić information content (AvgIpc) is 0.691. The van der Waals surface area contributed by atoms with Gasteiger partial charge in [0.1, 0.15) is 34.5 Å². The van der Waals surface area contributed by atoms with Crippen LogP contribution >= 0.6 is 0 Å². The summed E-state index contributed by atoms with van der Waals surface area (Å²) in [6.07, 6.45) is 0. The largest absolute Gasteiger partial charge is 0.497 e. The van der Waals surface area contributed by atoms with E-state index in [0.29, 0.717) is 21.9 Å². The molecule has 12 heteroatoms. The smallest absolute Gasteiger partial charge is 0.346 e. The van der Waals surface area contributed by atoms with Crippen molar-refractivity contribution in [2.45, 2.75) is 0 Å². The fourth-order valence-electron chi connectivity index (χ4n) is 13.1. The Morgan fingerprint density at radius 2 is 0.510 bits per heavy atom. The summed E-state index contributed by atoms with van der Waals surface area (Å²) in [7, 11) is 9.92. The Hall–Kier alpha value is -13.6. The lowest BCUT2D eigenvalue weighted by Gasteiger charge is -2.25. The van der Waals surface area contributed by atoms with Crippen molar-refractivity contribution in [3.8, 4) is 70.0 Å². The van der Waals surface area contributed by atoms with Gasteiger partial charge in [-0.15, -0.1) is 0 Å². The van der Waals surface area contributed by atoms with Gasteiger partial charge in [-0.25, -0.2) is 9.59 Å². The maximum absolute atomic E-state index is 14.3. The molecule has 0 radical (unpaired) electrons. The summed E-state index contributed by atoms with van der Waals surface area (Å²) in [5, 5.41) is 6.24. The highest BCUT2D eigenvalue weighted by Crippen LogP contribution is 2.48. The molecule has 100 heavy (non-hydrogen) atoms. The van der Waals surface area contributed by atoms with Crippen molar-refractivity contribution in [3.63, 3.8) is 0 Å². The van der Waals surface area contributed by atoms with Crippen molar-refractivity contribution in [3.05, 3.63) is 305 Å². The van der Waals surface area contributed by atoms with Crippen molar-refractivity contribution in [1.29, 1.82) is 0 Å². The number of hydrogen-bond donors (Lipinski definition) is 0.